The van der Waals surface area contributed by atoms with Crippen LogP contribution in [0.3, 0.4) is 0 Å². The number of hydrogen-bond donors (Lipinski definition) is 3. The molecule has 1 aromatic heterocycles. The van der Waals surface area contributed by atoms with E-state index in [0.717, 1.165) is 25.2 Å². The average molecular weight is 767 g/mol. The van der Waals surface area contributed by atoms with Crippen LogP contribution in [0.25, 0.3) is 0 Å². The molecular formula is C34H31Cl2F2N3O9S. The smallest absolute Gasteiger partial charge is 0.387 e. The van der Waals surface area contributed by atoms with Crippen LogP contribution in [-0.4, -0.2) is 45.2 Å². The molecule has 4 aromatic rings. The van der Waals surface area contributed by atoms with Crippen LogP contribution in [0.4, 0.5) is 14.5 Å². The zero-order chi connectivity index (χ0) is 36.7. The van der Waals surface area contributed by atoms with Gasteiger partial charge in [0, 0.05) is 17.7 Å². The number of rotatable bonds is 17. The zero-order valence-corrected chi connectivity index (χ0v) is 28.8. The topological polar surface area (TPSA) is 167 Å². The third kappa shape index (κ3) is 10.4. The number of benzene rings is 3. The van der Waals surface area contributed by atoms with Crippen molar-refractivity contribution in [3.05, 3.63) is 117 Å². The number of hydrogen-bond acceptors (Lipinski definition) is 9. The Labute approximate surface area is 301 Å². The van der Waals surface area contributed by atoms with Crippen molar-refractivity contribution in [2.75, 3.05) is 18.5 Å². The van der Waals surface area contributed by atoms with Crippen molar-refractivity contribution in [1.29, 1.82) is 0 Å². The van der Waals surface area contributed by atoms with E-state index >= 15 is 0 Å². The Morgan fingerprint density at radius 3 is 2.31 bits per heavy atom. The van der Waals surface area contributed by atoms with Crippen LogP contribution >= 0.6 is 23.2 Å². The molecule has 1 fully saturated rings. The molecule has 17 heteroatoms. The Morgan fingerprint density at radius 1 is 0.961 bits per heavy atom. The number of alkyl halides is 2. The molecule has 3 N–H and O–H groups in total. The second-order valence-corrected chi connectivity index (χ2v) is 14.1. The lowest BCUT2D eigenvalue weighted by molar-refractivity contribution is -0.605. The molecule has 0 spiro atoms. The van der Waals surface area contributed by atoms with Gasteiger partial charge in [-0.3, -0.25) is 4.79 Å². The summed E-state index contributed by atoms with van der Waals surface area (Å²) in [6, 6.07) is 16.4. The van der Waals surface area contributed by atoms with Gasteiger partial charge >= 0.3 is 18.6 Å². The van der Waals surface area contributed by atoms with Gasteiger partial charge in [-0.15, -0.1) is 0 Å². The maximum Gasteiger partial charge on any atom is 0.387 e. The van der Waals surface area contributed by atoms with Gasteiger partial charge in [0.25, 0.3) is 0 Å². The first-order valence-electron chi connectivity index (χ1n) is 15.4. The summed E-state index contributed by atoms with van der Waals surface area (Å²) in [6.07, 6.45) is 2.50. The molecule has 0 amide bonds. The van der Waals surface area contributed by atoms with Crippen molar-refractivity contribution in [2.45, 2.75) is 42.9 Å². The minimum atomic E-state index is -4.34. The number of ether oxygens (including phenoxy) is 3. The van der Waals surface area contributed by atoms with E-state index in [-0.39, 0.29) is 62.2 Å². The molecule has 1 aliphatic rings. The number of carbonyl (C=O) groups excluding carboxylic acids is 1. The van der Waals surface area contributed by atoms with Gasteiger partial charge in [-0.25, -0.2) is 13.2 Å². The van der Waals surface area contributed by atoms with Gasteiger partial charge < -0.3 is 29.8 Å². The number of sulfonamides is 1. The summed E-state index contributed by atoms with van der Waals surface area (Å²) in [4.78, 5) is 24.9. The largest absolute Gasteiger partial charge is 0.619 e. The van der Waals surface area contributed by atoms with Crippen molar-refractivity contribution in [1.82, 2.24) is 4.72 Å². The van der Waals surface area contributed by atoms with Crippen LogP contribution < -0.4 is 24.2 Å². The number of aromatic nitrogens is 1. The second kappa shape index (κ2) is 16.5. The summed E-state index contributed by atoms with van der Waals surface area (Å²) >= 11 is 12.6. The summed E-state index contributed by atoms with van der Waals surface area (Å²) in [6.45, 7) is -3.73. The summed E-state index contributed by atoms with van der Waals surface area (Å²) in [5, 5.41) is 24.3. The van der Waals surface area contributed by atoms with E-state index in [0.29, 0.717) is 10.3 Å². The molecular weight excluding hydrogens is 735 g/mol. The Kier molecular flexibility index (Phi) is 12.2. The van der Waals surface area contributed by atoms with Gasteiger partial charge in [-0.05, 0) is 60.2 Å². The first kappa shape index (κ1) is 37.6. The summed E-state index contributed by atoms with van der Waals surface area (Å²) in [7, 11) is -4.34. The van der Waals surface area contributed by atoms with E-state index < -0.39 is 47.3 Å². The number of nitrogens with zero attached hydrogens (tertiary/aromatic N) is 1. The molecule has 1 heterocycles. The van der Waals surface area contributed by atoms with E-state index in [1.54, 1.807) is 30.3 Å². The SMILES string of the molecule is O=C(CNS(=O)(=O)c1cccc(NC(C(=O)O)c2ccccc2)c1)O[C@@H](Cc1c(Cl)c[n+]([O-])cc1Cl)c1ccc(OC(F)F)c(OCC2CC2)c1. The molecule has 1 saturated carbocycles. The lowest BCUT2D eigenvalue weighted by Crippen LogP contribution is -2.32. The third-order valence-corrected chi connectivity index (χ3v) is 9.74. The molecule has 1 unspecified atom stereocenters. The summed E-state index contributed by atoms with van der Waals surface area (Å²) < 4.78 is 71.4. The van der Waals surface area contributed by atoms with Crippen LogP contribution in [0.1, 0.15) is 41.7 Å². The fourth-order valence-corrected chi connectivity index (χ4v) is 6.57. The number of carboxylic acids is 1. The number of pyridine rings is 1. The highest BCUT2D eigenvalue weighted by atomic mass is 35.5. The standard InChI is InChI=1S/C34H31Cl2F2N3O9S/c35-26-17-41(45)18-27(36)25(26)15-29(22-11-12-28(50-34(37)38)30(13-22)48-19-20-9-10-20)49-31(42)16-39-51(46,47)24-8-4-7-23(14-24)40-32(33(43)44)21-5-2-1-3-6-21/h1-8,11-14,17-18,20,29,32,34,39-40H,9-10,15-16,19H2,(H,43,44)/t29-,32?/m0/s1. The number of aliphatic carboxylic acids is 1. The molecule has 2 atom stereocenters. The first-order chi connectivity index (χ1) is 24.3. The van der Waals surface area contributed by atoms with E-state index in [1.165, 1.54) is 42.5 Å². The van der Waals surface area contributed by atoms with Gasteiger partial charge in [0.05, 0.1) is 11.5 Å². The Hall–Kier alpha value is -4.70. The van der Waals surface area contributed by atoms with Gasteiger partial charge in [-0.2, -0.15) is 18.2 Å². The maximum atomic E-state index is 13.2. The maximum absolute atomic E-state index is 13.2. The lowest BCUT2D eigenvalue weighted by Gasteiger charge is -2.21. The van der Waals surface area contributed by atoms with Crippen LogP contribution in [0, 0.1) is 11.1 Å². The highest BCUT2D eigenvalue weighted by Crippen LogP contribution is 2.38. The Balaban J connectivity index is 1.35. The molecule has 0 bridgehead atoms. The van der Waals surface area contributed by atoms with Gasteiger partial charge in [-0.1, -0.05) is 65.7 Å². The summed E-state index contributed by atoms with van der Waals surface area (Å²) in [5.41, 5.74) is 1.09. The zero-order valence-electron chi connectivity index (χ0n) is 26.5. The van der Waals surface area contributed by atoms with Gasteiger partial charge in [0.15, 0.2) is 29.9 Å². The molecule has 1 aliphatic carbocycles. The van der Waals surface area contributed by atoms with Crippen LogP contribution in [-0.2, 0) is 30.8 Å². The number of carbonyl (C=O) groups is 2. The third-order valence-electron chi connectivity index (χ3n) is 7.69. The number of halogens is 4. The van der Waals surface area contributed by atoms with Crippen LogP contribution in [0.5, 0.6) is 11.5 Å². The molecule has 0 aliphatic heterocycles. The Morgan fingerprint density at radius 2 is 1.67 bits per heavy atom. The van der Waals surface area contributed by atoms with E-state index in [9.17, 15) is 37.1 Å². The van der Waals surface area contributed by atoms with Crippen LogP contribution in [0.15, 0.2) is 90.1 Å². The fourth-order valence-electron chi connectivity index (χ4n) is 4.95. The molecule has 0 radical (unpaired) electrons. The van der Waals surface area contributed by atoms with E-state index in [2.05, 4.69) is 14.8 Å². The van der Waals surface area contributed by atoms with Gasteiger partial charge in [0.1, 0.15) is 22.7 Å². The fraction of sp³-hybridized carbons (Fsp3) is 0.265. The average Bonchev–Trinajstić information content (AvgIpc) is 3.92. The number of nitrogens with one attached hydrogen (secondary N) is 2. The predicted molar refractivity (Wildman–Crippen MR) is 181 cm³/mol. The van der Waals surface area contributed by atoms with Crippen LogP contribution in [0.2, 0.25) is 10.0 Å². The predicted octanol–water partition coefficient (Wildman–Crippen LogP) is 6.06. The first-order valence-corrected chi connectivity index (χ1v) is 17.6. The summed E-state index contributed by atoms with van der Waals surface area (Å²) in [5.74, 6) is -2.24. The van der Waals surface area contributed by atoms with Crippen molar-refractivity contribution >= 4 is 50.9 Å². The minimum absolute atomic E-state index is 0.0324. The van der Waals surface area contributed by atoms with Gasteiger partial charge in [0.2, 0.25) is 10.0 Å². The van der Waals surface area contributed by atoms with Crippen molar-refractivity contribution in [2.24, 2.45) is 5.92 Å². The number of esters is 1. The highest BCUT2D eigenvalue weighted by molar-refractivity contribution is 7.89. The number of carboxylic acid groups (broad SMARTS) is 1. The lowest BCUT2D eigenvalue weighted by atomic mass is 10.0. The normalized spacial score (nSPS) is 14.1. The number of anilines is 1. The quantitative estimate of drug-likeness (QED) is 0.0653. The monoisotopic (exact) mass is 765 g/mol. The molecule has 270 valence electrons. The van der Waals surface area contributed by atoms with E-state index in [1.807, 2.05) is 0 Å². The molecule has 0 saturated heterocycles. The van der Waals surface area contributed by atoms with Crippen molar-refractivity contribution < 1.29 is 50.8 Å². The second-order valence-electron chi connectivity index (χ2n) is 11.5. The van der Waals surface area contributed by atoms with Crippen molar-refractivity contribution in [3.8, 4) is 11.5 Å². The molecule has 3 aromatic carbocycles. The molecule has 5 rings (SSSR count). The van der Waals surface area contributed by atoms with Crippen molar-refractivity contribution in [3.63, 3.8) is 0 Å². The minimum Gasteiger partial charge on any atom is -0.619 e. The highest BCUT2D eigenvalue weighted by Gasteiger charge is 2.27. The van der Waals surface area contributed by atoms with E-state index in [4.69, 9.17) is 32.7 Å². The Bertz CT molecular complexity index is 1960. The molecule has 51 heavy (non-hydrogen) atoms. The molecule has 12 nitrogen and oxygen atoms in total.